The molecule has 0 amide bonds. The number of methoxy groups -OCH3 is 1. The molecule has 0 saturated heterocycles. The second kappa shape index (κ2) is 6.68. The van der Waals surface area contributed by atoms with Crippen LogP contribution in [0.4, 0.5) is 0 Å². The molecule has 8 heteroatoms. The van der Waals surface area contributed by atoms with Crippen molar-refractivity contribution in [3.05, 3.63) is 29.8 Å². The van der Waals surface area contributed by atoms with Crippen LogP contribution in [0.2, 0.25) is 0 Å². The van der Waals surface area contributed by atoms with Gasteiger partial charge in [0.15, 0.2) is 0 Å². The van der Waals surface area contributed by atoms with Gasteiger partial charge in [0.05, 0.1) is 17.6 Å². The first-order valence-electron chi connectivity index (χ1n) is 6.15. The van der Waals surface area contributed by atoms with Gasteiger partial charge in [-0.05, 0) is 30.7 Å². The molecule has 0 fully saturated rings. The molecule has 7 nitrogen and oxygen atoms in total. The van der Waals surface area contributed by atoms with Gasteiger partial charge in [0.1, 0.15) is 6.04 Å². The summed E-state index contributed by atoms with van der Waals surface area (Å²) in [5.41, 5.74) is 0.212. The van der Waals surface area contributed by atoms with Crippen molar-refractivity contribution in [2.45, 2.75) is 24.3 Å². The highest BCUT2D eigenvalue weighted by Crippen LogP contribution is 2.19. The normalized spacial score (nSPS) is 13.0. The number of hydrogen-bond donors (Lipinski definition) is 1. The van der Waals surface area contributed by atoms with Gasteiger partial charge in [0.25, 0.3) is 0 Å². The average molecular weight is 315 g/mol. The summed E-state index contributed by atoms with van der Waals surface area (Å²) in [6.07, 6.45) is 0.144. The van der Waals surface area contributed by atoms with Crippen molar-refractivity contribution in [1.82, 2.24) is 4.31 Å². The van der Waals surface area contributed by atoms with Crippen LogP contribution in [0.3, 0.4) is 0 Å². The maximum atomic E-state index is 12.3. The van der Waals surface area contributed by atoms with Crippen molar-refractivity contribution < 1.29 is 27.9 Å². The quantitative estimate of drug-likeness (QED) is 0.785. The van der Waals surface area contributed by atoms with Crippen LogP contribution in [-0.4, -0.2) is 50.0 Å². The largest absolute Gasteiger partial charge is 0.480 e. The standard InChI is InChI=1S/C13H17NO6S/c1-4-11(12(15)16)14(2)21(18,19)10-7-5-9(6-8-10)13(17)20-3/h5-8,11H,4H2,1-3H3,(H,15,16). The fraction of sp³-hybridized carbons (Fsp3) is 0.385. The maximum Gasteiger partial charge on any atom is 0.337 e. The molecule has 0 radical (unpaired) electrons. The first-order valence-corrected chi connectivity index (χ1v) is 7.59. The highest BCUT2D eigenvalue weighted by molar-refractivity contribution is 7.89. The predicted octanol–water partition coefficient (Wildman–Crippen LogP) is 0.957. The predicted molar refractivity (Wildman–Crippen MR) is 74.4 cm³/mol. The molecule has 0 bridgehead atoms. The Kier molecular flexibility index (Phi) is 5.45. The minimum Gasteiger partial charge on any atom is -0.480 e. The van der Waals surface area contributed by atoms with Crippen LogP contribution in [0.25, 0.3) is 0 Å². The summed E-state index contributed by atoms with van der Waals surface area (Å²) in [5, 5.41) is 9.04. The summed E-state index contributed by atoms with van der Waals surface area (Å²) >= 11 is 0. The first-order chi connectivity index (χ1) is 9.75. The minimum atomic E-state index is -3.94. The van der Waals surface area contributed by atoms with Gasteiger partial charge in [-0.1, -0.05) is 6.92 Å². The summed E-state index contributed by atoms with van der Waals surface area (Å²) in [6.45, 7) is 1.59. The van der Waals surface area contributed by atoms with Crippen molar-refractivity contribution >= 4 is 22.0 Å². The van der Waals surface area contributed by atoms with Crippen molar-refractivity contribution in [1.29, 1.82) is 0 Å². The lowest BCUT2D eigenvalue weighted by Gasteiger charge is -2.23. The monoisotopic (exact) mass is 315 g/mol. The lowest BCUT2D eigenvalue weighted by Crippen LogP contribution is -2.41. The summed E-state index contributed by atoms with van der Waals surface area (Å²) in [7, 11) is -1.51. The van der Waals surface area contributed by atoms with E-state index in [1.165, 1.54) is 38.4 Å². The van der Waals surface area contributed by atoms with Crippen LogP contribution in [0.1, 0.15) is 23.7 Å². The molecule has 0 aromatic heterocycles. The third kappa shape index (κ3) is 3.59. The molecule has 0 saturated carbocycles. The van der Waals surface area contributed by atoms with E-state index in [-0.39, 0.29) is 16.9 Å². The van der Waals surface area contributed by atoms with E-state index in [0.717, 1.165) is 4.31 Å². The number of nitrogens with zero attached hydrogens (tertiary/aromatic N) is 1. The molecule has 1 aromatic carbocycles. The molecule has 1 aromatic rings. The van der Waals surface area contributed by atoms with E-state index in [4.69, 9.17) is 5.11 Å². The Balaban J connectivity index is 3.13. The van der Waals surface area contributed by atoms with Crippen LogP contribution in [0.15, 0.2) is 29.2 Å². The topological polar surface area (TPSA) is 101 Å². The van der Waals surface area contributed by atoms with Crippen LogP contribution in [0.5, 0.6) is 0 Å². The van der Waals surface area contributed by atoms with E-state index >= 15 is 0 Å². The molecule has 1 rings (SSSR count). The molecule has 0 heterocycles. The number of rotatable bonds is 6. The van der Waals surface area contributed by atoms with Crippen molar-refractivity contribution in [2.75, 3.05) is 14.2 Å². The Morgan fingerprint density at radius 3 is 2.19 bits per heavy atom. The van der Waals surface area contributed by atoms with Crippen molar-refractivity contribution in [3.63, 3.8) is 0 Å². The van der Waals surface area contributed by atoms with Crippen molar-refractivity contribution in [3.8, 4) is 0 Å². The lowest BCUT2D eigenvalue weighted by atomic mass is 10.2. The first kappa shape index (κ1) is 17.1. The highest BCUT2D eigenvalue weighted by atomic mass is 32.2. The molecular formula is C13H17NO6S. The van der Waals surface area contributed by atoms with Crippen molar-refractivity contribution in [2.24, 2.45) is 0 Å². The van der Waals surface area contributed by atoms with Gasteiger partial charge in [-0.2, -0.15) is 4.31 Å². The Bertz CT molecular complexity index is 623. The van der Waals surface area contributed by atoms with E-state index < -0.39 is 28.0 Å². The zero-order valence-electron chi connectivity index (χ0n) is 11.9. The summed E-state index contributed by atoms with van der Waals surface area (Å²) in [6, 6.07) is 3.97. The van der Waals surface area contributed by atoms with Crippen LogP contribution in [0, 0.1) is 0 Å². The van der Waals surface area contributed by atoms with E-state index in [9.17, 15) is 18.0 Å². The van der Waals surface area contributed by atoms with Gasteiger partial charge in [0.2, 0.25) is 10.0 Å². The number of aliphatic carboxylic acids is 1. The zero-order chi connectivity index (χ0) is 16.2. The third-order valence-corrected chi connectivity index (χ3v) is 4.94. The number of carboxylic acids is 1. The fourth-order valence-corrected chi connectivity index (χ4v) is 3.19. The number of sulfonamides is 1. The SMILES string of the molecule is CCC(C(=O)O)N(C)S(=O)(=O)c1ccc(C(=O)OC)cc1. The van der Waals surface area contributed by atoms with E-state index in [0.29, 0.717) is 0 Å². The Morgan fingerprint density at radius 1 is 1.29 bits per heavy atom. The molecule has 0 aliphatic heterocycles. The summed E-state index contributed by atoms with van der Waals surface area (Å²) in [4.78, 5) is 22.3. The zero-order valence-corrected chi connectivity index (χ0v) is 12.8. The molecule has 0 aliphatic carbocycles. The number of hydrogen-bond acceptors (Lipinski definition) is 5. The van der Waals surface area contributed by atoms with Gasteiger partial charge in [-0.15, -0.1) is 0 Å². The van der Waals surface area contributed by atoms with Crippen LogP contribution >= 0.6 is 0 Å². The van der Waals surface area contributed by atoms with Gasteiger partial charge >= 0.3 is 11.9 Å². The Hall–Kier alpha value is -1.93. The number of benzene rings is 1. The van der Waals surface area contributed by atoms with E-state index in [1.807, 2.05) is 0 Å². The van der Waals surface area contributed by atoms with Crippen LogP contribution in [-0.2, 0) is 19.6 Å². The number of ether oxygens (including phenoxy) is 1. The Labute approximate surface area is 123 Å². The maximum absolute atomic E-state index is 12.3. The lowest BCUT2D eigenvalue weighted by molar-refractivity contribution is -0.141. The van der Waals surface area contributed by atoms with Gasteiger partial charge < -0.3 is 9.84 Å². The second-order valence-corrected chi connectivity index (χ2v) is 6.30. The molecule has 0 aliphatic rings. The molecule has 0 spiro atoms. The number of carbonyl (C=O) groups is 2. The number of carboxylic acid groups (broad SMARTS) is 1. The van der Waals surface area contributed by atoms with Gasteiger partial charge in [-0.3, -0.25) is 4.79 Å². The number of carbonyl (C=O) groups excluding carboxylic acids is 1. The smallest absolute Gasteiger partial charge is 0.337 e. The van der Waals surface area contributed by atoms with E-state index in [1.54, 1.807) is 6.92 Å². The third-order valence-electron chi connectivity index (χ3n) is 3.06. The van der Waals surface area contributed by atoms with Gasteiger partial charge in [-0.25, -0.2) is 13.2 Å². The van der Waals surface area contributed by atoms with Gasteiger partial charge in [0, 0.05) is 7.05 Å². The molecule has 1 unspecified atom stereocenters. The summed E-state index contributed by atoms with van der Waals surface area (Å²) in [5.74, 6) is -1.79. The number of esters is 1. The molecular weight excluding hydrogens is 298 g/mol. The Morgan fingerprint density at radius 2 is 1.81 bits per heavy atom. The average Bonchev–Trinajstić information content (AvgIpc) is 2.46. The molecule has 116 valence electrons. The highest BCUT2D eigenvalue weighted by Gasteiger charge is 2.31. The molecule has 1 N–H and O–H groups in total. The molecule has 1 atom stereocenters. The number of likely N-dealkylation sites (N-methyl/N-ethyl adjacent to an activating group) is 1. The minimum absolute atomic E-state index is 0.0858. The summed E-state index contributed by atoms with van der Waals surface area (Å²) < 4.78 is 30.0. The second-order valence-electron chi connectivity index (χ2n) is 4.30. The molecule has 21 heavy (non-hydrogen) atoms. The van der Waals surface area contributed by atoms with Crippen LogP contribution < -0.4 is 0 Å². The van der Waals surface area contributed by atoms with E-state index in [2.05, 4.69) is 4.74 Å². The fourth-order valence-electron chi connectivity index (χ4n) is 1.80.